The summed E-state index contributed by atoms with van der Waals surface area (Å²) in [5, 5.41) is 0. The molecule has 0 aliphatic heterocycles. The first-order valence-corrected chi connectivity index (χ1v) is 6.99. The summed E-state index contributed by atoms with van der Waals surface area (Å²) in [7, 11) is 2.63. The molecule has 0 aliphatic carbocycles. The molecule has 112 valence electrons. The van der Waals surface area contributed by atoms with E-state index in [9.17, 15) is 9.59 Å². The predicted molar refractivity (Wildman–Crippen MR) is 74.6 cm³/mol. The van der Waals surface area contributed by atoms with Gasteiger partial charge in [0.15, 0.2) is 5.41 Å². The number of esters is 2. The Hall–Kier alpha value is -1.06. The van der Waals surface area contributed by atoms with Crippen LogP contribution in [0.5, 0.6) is 0 Å². The summed E-state index contributed by atoms with van der Waals surface area (Å²) in [5.41, 5.74) is -1.17. The van der Waals surface area contributed by atoms with Gasteiger partial charge in [-0.2, -0.15) is 0 Å². The van der Waals surface area contributed by atoms with E-state index in [1.54, 1.807) is 0 Å². The van der Waals surface area contributed by atoms with Crippen LogP contribution >= 0.6 is 0 Å². The van der Waals surface area contributed by atoms with E-state index in [4.69, 9.17) is 9.47 Å². The molecule has 0 saturated carbocycles. The van der Waals surface area contributed by atoms with E-state index >= 15 is 0 Å². The smallest absolute Gasteiger partial charge is 0.323 e. The topological polar surface area (TPSA) is 52.6 Å². The van der Waals surface area contributed by atoms with Gasteiger partial charge in [-0.3, -0.25) is 9.59 Å². The molecule has 0 saturated heterocycles. The van der Waals surface area contributed by atoms with Gasteiger partial charge < -0.3 is 9.47 Å². The molecule has 0 aromatic rings. The second-order valence-corrected chi connectivity index (χ2v) is 5.75. The molecule has 0 N–H and O–H groups in total. The van der Waals surface area contributed by atoms with Crippen molar-refractivity contribution in [2.75, 3.05) is 14.2 Å². The van der Waals surface area contributed by atoms with Crippen LogP contribution in [0.1, 0.15) is 53.4 Å². The minimum atomic E-state index is -1.17. The van der Waals surface area contributed by atoms with E-state index in [1.165, 1.54) is 14.2 Å². The van der Waals surface area contributed by atoms with Crippen LogP contribution in [-0.4, -0.2) is 26.2 Å². The number of unbranched alkanes of at least 4 members (excludes halogenated alkanes) is 1. The van der Waals surface area contributed by atoms with Gasteiger partial charge in [-0.15, -0.1) is 0 Å². The Kier molecular flexibility index (Phi) is 7.72. The third kappa shape index (κ3) is 4.51. The molecule has 0 aliphatic rings. The van der Waals surface area contributed by atoms with Crippen LogP contribution in [-0.2, 0) is 19.1 Å². The zero-order chi connectivity index (χ0) is 15.1. The molecular weight excluding hydrogens is 244 g/mol. The highest BCUT2D eigenvalue weighted by Gasteiger charge is 2.50. The van der Waals surface area contributed by atoms with Crippen molar-refractivity contribution in [1.82, 2.24) is 0 Å². The number of methoxy groups -OCH3 is 2. The number of ether oxygens (including phenoxy) is 2. The largest absolute Gasteiger partial charge is 0.468 e. The lowest BCUT2D eigenvalue weighted by Crippen LogP contribution is -2.45. The minimum absolute atomic E-state index is 0.147. The molecule has 0 heterocycles. The highest BCUT2D eigenvalue weighted by atomic mass is 16.5. The van der Waals surface area contributed by atoms with E-state index in [0.717, 1.165) is 19.3 Å². The van der Waals surface area contributed by atoms with E-state index in [1.807, 2.05) is 13.8 Å². The summed E-state index contributed by atoms with van der Waals surface area (Å²) in [5.74, 6) is -0.492. The lowest BCUT2D eigenvalue weighted by atomic mass is 9.73. The molecule has 0 fully saturated rings. The van der Waals surface area contributed by atoms with Gasteiger partial charge in [-0.1, -0.05) is 47.0 Å². The zero-order valence-corrected chi connectivity index (χ0v) is 13.1. The molecule has 0 spiro atoms. The number of carbonyl (C=O) groups excluding carboxylic acids is 2. The molecule has 0 atom stereocenters. The summed E-state index contributed by atoms with van der Waals surface area (Å²) < 4.78 is 9.68. The molecule has 0 radical (unpaired) electrons. The molecule has 0 aromatic heterocycles. The highest BCUT2D eigenvalue weighted by Crippen LogP contribution is 2.36. The van der Waals surface area contributed by atoms with Gasteiger partial charge in [-0.25, -0.2) is 0 Å². The Balaban J connectivity index is 4.92. The maximum atomic E-state index is 12.1. The van der Waals surface area contributed by atoms with Crippen LogP contribution in [0.4, 0.5) is 0 Å². The SMILES string of the molecule is COC(=O)C(CCCCC(C)C)(C(=O)OC)C(C)C. The van der Waals surface area contributed by atoms with E-state index < -0.39 is 17.4 Å². The van der Waals surface area contributed by atoms with Gasteiger partial charge in [0.1, 0.15) is 0 Å². The fraction of sp³-hybridized carbons (Fsp3) is 0.867. The summed E-state index contributed by atoms with van der Waals surface area (Å²) >= 11 is 0. The highest BCUT2D eigenvalue weighted by molar-refractivity contribution is 6.00. The molecular formula is C15H28O4. The zero-order valence-electron chi connectivity index (χ0n) is 13.1. The fourth-order valence-corrected chi connectivity index (χ4v) is 2.37. The minimum Gasteiger partial charge on any atom is -0.468 e. The summed E-state index contributed by atoms with van der Waals surface area (Å²) in [6.45, 7) is 8.04. The van der Waals surface area contributed by atoms with Gasteiger partial charge in [0.2, 0.25) is 0 Å². The summed E-state index contributed by atoms with van der Waals surface area (Å²) in [6.07, 6.45) is 3.40. The van der Waals surface area contributed by atoms with Crippen molar-refractivity contribution in [3.05, 3.63) is 0 Å². The van der Waals surface area contributed by atoms with Crippen LogP contribution in [0, 0.1) is 17.3 Å². The third-order valence-electron chi connectivity index (χ3n) is 3.69. The standard InChI is InChI=1S/C15H28O4/c1-11(2)9-7-8-10-15(12(3)4,13(16)18-5)14(17)19-6/h11-12H,7-10H2,1-6H3. The van der Waals surface area contributed by atoms with Gasteiger partial charge >= 0.3 is 11.9 Å². The molecule has 0 aromatic carbocycles. The first-order valence-electron chi connectivity index (χ1n) is 6.99. The Bertz CT molecular complexity index is 279. The second kappa shape index (κ2) is 8.18. The normalized spacial score (nSPS) is 11.8. The van der Waals surface area contributed by atoms with Gasteiger partial charge in [0.25, 0.3) is 0 Å². The second-order valence-electron chi connectivity index (χ2n) is 5.75. The lowest BCUT2D eigenvalue weighted by molar-refractivity contribution is -0.173. The maximum absolute atomic E-state index is 12.1. The third-order valence-corrected chi connectivity index (χ3v) is 3.69. The number of carbonyl (C=O) groups is 2. The molecule has 4 nitrogen and oxygen atoms in total. The molecule has 0 unspecified atom stereocenters. The van der Waals surface area contributed by atoms with Crippen molar-refractivity contribution in [1.29, 1.82) is 0 Å². The van der Waals surface area contributed by atoms with E-state index in [0.29, 0.717) is 12.3 Å². The molecule has 4 heteroatoms. The van der Waals surface area contributed by atoms with Crippen molar-refractivity contribution >= 4 is 11.9 Å². The van der Waals surface area contributed by atoms with Gasteiger partial charge in [0, 0.05) is 0 Å². The van der Waals surface area contributed by atoms with Gasteiger partial charge in [0.05, 0.1) is 14.2 Å². The van der Waals surface area contributed by atoms with Crippen molar-refractivity contribution in [2.24, 2.45) is 17.3 Å². The van der Waals surface area contributed by atoms with Crippen molar-refractivity contribution < 1.29 is 19.1 Å². The van der Waals surface area contributed by atoms with Crippen molar-refractivity contribution in [3.63, 3.8) is 0 Å². The number of rotatable bonds is 8. The quantitative estimate of drug-likeness (QED) is 0.387. The van der Waals surface area contributed by atoms with Crippen LogP contribution in [0.15, 0.2) is 0 Å². The average Bonchev–Trinajstić information content (AvgIpc) is 2.36. The lowest BCUT2D eigenvalue weighted by Gasteiger charge is -2.31. The van der Waals surface area contributed by atoms with Crippen LogP contribution < -0.4 is 0 Å². The van der Waals surface area contributed by atoms with Crippen molar-refractivity contribution in [3.8, 4) is 0 Å². The molecule has 0 rings (SSSR count). The summed E-state index contributed by atoms with van der Waals surface area (Å²) in [6, 6.07) is 0. The molecule has 0 bridgehead atoms. The van der Waals surface area contributed by atoms with Crippen LogP contribution in [0.25, 0.3) is 0 Å². The first-order chi connectivity index (χ1) is 8.82. The fourth-order valence-electron chi connectivity index (χ4n) is 2.37. The Morgan fingerprint density at radius 2 is 1.42 bits per heavy atom. The average molecular weight is 272 g/mol. The van der Waals surface area contributed by atoms with Crippen molar-refractivity contribution in [2.45, 2.75) is 53.4 Å². The Morgan fingerprint density at radius 3 is 1.74 bits per heavy atom. The molecule has 0 amide bonds. The van der Waals surface area contributed by atoms with Gasteiger partial charge in [-0.05, 0) is 18.3 Å². The maximum Gasteiger partial charge on any atom is 0.323 e. The van der Waals surface area contributed by atoms with Crippen LogP contribution in [0.3, 0.4) is 0 Å². The molecule has 19 heavy (non-hydrogen) atoms. The van der Waals surface area contributed by atoms with E-state index in [2.05, 4.69) is 13.8 Å². The predicted octanol–water partition coefficient (Wildman–Crippen LogP) is 3.19. The monoisotopic (exact) mass is 272 g/mol. The Labute approximate surface area is 116 Å². The summed E-state index contributed by atoms with van der Waals surface area (Å²) in [4.78, 5) is 24.2. The number of hydrogen-bond donors (Lipinski definition) is 0. The number of hydrogen-bond acceptors (Lipinski definition) is 4. The van der Waals surface area contributed by atoms with E-state index in [-0.39, 0.29) is 5.92 Å². The van der Waals surface area contributed by atoms with Crippen LogP contribution in [0.2, 0.25) is 0 Å². The Morgan fingerprint density at radius 1 is 0.947 bits per heavy atom. The first kappa shape index (κ1) is 17.9.